The fourth-order valence-electron chi connectivity index (χ4n) is 5.79. The number of carbonyl (C=O) groups excluding carboxylic acids is 1. The number of carbonyl (C=O) groups is 1. The highest BCUT2D eigenvalue weighted by molar-refractivity contribution is 7.16. The molecule has 2 atom stereocenters. The smallest absolute Gasteiger partial charge is 0.417 e. The topological polar surface area (TPSA) is 86.7 Å². The maximum atomic E-state index is 15.8. The molecule has 4 heterocycles. The molecule has 0 amide bonds. The first-order valence-electron chi connectivity index (χ1n) is 14.9. The van der Waals surface area contributed by atoms with E-state index in [-0.39, 0.29) is 40.7 Å². The number of thiazole rings is 1. The Balaban J connectivity index is 1.37. The molecule has 45 heavy (non-hydrogen) atoms. The molecule has 2 fully saturated rings. The van der Waals surface area contributed by atoms with Gasteiger partial charge in [-0.15, -0.1) is 0 Å². The van der Waals surface area contributed by atoms with E-state index < -0.39 is 17.6 Å². The zero-order valence-corrected chi connectivity index (χ0v) is 26.9. The number of nitrogens with zero attached hydrogens (tertiary/aromatic N) is 6. The number of hydrogen-bond donors (Lipinski definition) is 1. The minimum Gasteiger partial charge on any atom is -0.466 e. The minimum atomic E-state index is -4.63. The fraction of sp³-hybridized carbons (Fsp3) is 0.533. The van der Waals surface area contributed by atoms with E-state index in [0.29, 0.717) is 49.7 Å². The Kier molecular flexibility index (Phi) is 10.5. The number of nitrogens with one attached hydrogen (secondary N) is 1. The Morgan fingerprint density at radius 3 is 2.76 bits per heavy atom. The van der Waals surface area contributed by atoms with Crippen molar-refractivity contribution in [3.05, 3.63) is 45.8 Å². The molecule has 244 valence electrons. The van der Waals surface area contributed by atoms with Crippen LogP contribution < -0.4 is 10.2 Å². The first-order chi connectivity index (χ1) is 21.4. The van der Waals surface area contributed by atoms with E-state index in [2.05, 4.69) is 37.0 Å². The molecule has 2 aliphatic heterocycles. The summed E-state index contributed by atoms with van der Waals surface area (Å²) in [5.41, 5.74) is -0.282. The van der Waals surface area contributed by atoms with Crippen molar-refractivity contribution in [3.8, 4) is 11.3 Å². The standard InChI is InChI=1S/C30H36ClF4N7O2S/c1-4-44-24(43)10-12-40(3)20-9-13-42(15-20)28-25(32)27(36-17-37-28)39-29-38-26(23(45-29)16-41-11-5-6-18(41)2)19-7-8-22(31)21(14-19)30(33,34)35/h7-8,14,17-18,20H,4-6,9-13,15-16H2,1-3H3,(H,36,37,38,39)/t18-,20+/m1/s1. The highest BCUT2D eigenvalue weighted by Crippen LogP contribution is 2.40. The highest BCUT2D eigenvalue weighted by atomic mass is 35.5. The highest BCUT2D eigenvalue weighted by Gasteiger charge is 2.34. The minimum absolute atomic E-state index is 0.0763. The van der Waals surface area contributed by atoms with Crippen LogP contribution in [0.1, 0.15) is 50.0 Å². The number of likely N-dealkylation sites (tertiary alicyclic amines) is 1. The predicted octanol–water partition coefficient (Wildman–Crippen LogP) is 6.60. The third kappa shape index (κ3) is 7.84. The van der Waals surface area contributed by atoms with Crippen molar-refractivity contribution >= 4 is 45.7 Å². The van der Waals surface area contributed by atoms with Crippen molar-refractivity contribution in [2.45, 2.75) is 64.3 Å². The largest absolute Gasteiger partial charge is 0.466 e. The molecule has 3 aromatic rings. The van der Waals surface area contributed by atoms with Gasteiger partial charge in [-0.25, -0.2) is 15.0 Å². The molecule has 15 heteroatoms. The monoisotopic (exact) mass is 669 g/mol. The lowest BCUT2D eigenvalue weighted by Crippen LogP contribution is -2.36. The number of halogens is 5. The van der Waals surface area contributed by atoms with E-state index in [1.54, 1.807) is 6.92 Å². The summed E-state index contributed by atoms with van der Waals surface area (Å²) >= 11 is 7.14. The summed E-state index contributed by atoms with van der Waals surface area (Å²) in [5.74, 6) is -0.835. The van der Waals surface area contributed by atoms with E-state index in [1.165, 1.54) is 29.8 Å². The van der Waals surface area contributed by atoms with Gasteiger partial charge in [0.2, 0.25) is 5.82 Å². The summed E-state index contributed by atoms with van der Waals surface area (Å²) in [6.45, 7) is 7.21. The first-order valence-corrected chi connectivity index (χ1v) is 16.1. The van der Waals surface area contributed by atoms with Crippen LogP contribution in [0.4, 0.5) is 34.3 Å². The molecule has 2 aromatic heterocycles. The van der Waals surface area contributed by atoms with E-state index in [4.69, 9.17) is 16.3 Å². The van der Waals surface area contributed by atoms with Crippen LogP contribution >= 0.6 is 22.9 Å². The lowest BCUT2D eigenvalue weighted by molar-refractivity contribution is -0.143. The average molecular weight is 670 g/mol. The van der Waals surface area contributed by atoms with Crippen LogP contribution in [0.2, 0.25) is 5.02 Å². The normalized spacial score (nSPS) is 19.1. The Bertz CT molecular complexity index is 1510. The molecule has 5 rings (SSSR count). The molecule has 9 nitrogen and oxygen atoms in total. The third-order valence-electron chi connectivity index (χ3n) is 8.34. The molecular formula is C30H36ClF4N7O2S. The van der Waals surface area contributed by atoms with E-state index in [1.807, 2.05) is 11.9 Å². The molecule has 0 radical (unpaired) electrons. The van der Waals surface area contributed by atoms with Gasteiger partial charge in [-0.3, -0.25) is 9.69 Å². The number of rotatable bonds is 11. The number of esters is 1. The van der Waals surface area contributed by atoms with Crippen molar-refractivity contribution in [1.29, 1.82) is 0 Å². The lowest BCUT2D eigenvalue weighted by Gasteiger charge is -2.24. The number of aromatic nitrogens is 3. The quantitative estimate of drug-likeness (QED) is 0.179. The van der Waals surface area contributed by atoms with Gasteiger partial charge in [0.25, 0.3) is 0 Å². The third-order valence-corrected chi connectivity index (χ3v) is 9.62. The molecule has 0 bridgehead atoms. The molecule has 2 aliphatic rings. The second kappa shape index (κ2) is 14.1. The molecule has 0 aliphatic carbocycles. The predicted molar refractivity (Wildman–Crippen MR) is 166 cm³/mol. The van der Waals surface area contributed by atoms with Gasteiger partial charge in [0, 0.05) is 48.7 Å². The van der Waals surface area contributed by atoms with Crippen LogP contribution in [-0.4, -0.2) is 82.6 Å². The Morgan fingerprint density at radius 2 is 2.04 bits per heavy atom. The van der Waals surface area contributed by atoms with Crippen molar-refractivity contribution < 1.29 is 27.1 Å². The second-order valence-corrected chi connectivity index (χ2v) is 12.8. The SMILES string of the molecule is CCOC(=O)CCN(C)[C@H]1CCN(c2ncnc(Nc3nc(-c4ccc(Cl)c(C(F)(F)F)c4)c(CN4CCC[C@H]4C)s3)c2F)C1. The molecule has 2 saturated heterocycles. The van der Waals surface area contributed by atoms with Crippen molar-refractivity contribution in [2.75, 3.05) is 50.1 Å². The van der Waals surface area contributed by atoms with Crippen LogP contribution in [-0.2, 0) is 22.3 Å². The first kappa shape index (κ1) is 33.3. The summed E-state index contributed by atoms with van der Waals surface area (Å²) in [5, 5.41) is 2.88. The zero-order chi connectivity index (χ0) is 32.3. The molecule has 1 aromatic carbocycles. The molecule has 1 N–H and O–H groups in total. The van der Waals surface area contributed by atoms with Gasteiger partial charge in [-0.2, -0.15) is 17.6 Å². The molecule has 0 saturated carbocycles. The number of benzene rings is 1. The van der Waals surface area contributed by atoms with Gasteiger partial charge in [0.05, 0.1) is 29.3 Å². The van der Waals surface area contributed by atoms with Crippen LogP contribution in [0, 0.1) is 5.82 Å². The summed E-state index contributed by atoms with van der Waals surface area (Å²) in [7, 11) is 1.93. The molecule has 0 unspecified atom stereocenters. The Morgan fingerprint density at radius 1 is 1.24 bits per heavy atom. The Labute approximate surface area is 268 Å². The van der Waals surface area contributed by atoms with Gasteiger partial charge < -0.3 is 19.9 Å². The second-order valence-electron chi connectivity index (χ2n) is 11.4. The van der Waals surface area contributed by atoms with Crippen molar-refractivity contribution in [3.63, 3.8) is 0 Å². The maximum absolute atomic E-state index is 15.8. The van der Waals surface area contributed by atoms with E-state index in [0.717, 1.165) is 36.8 Å². The van der Waals surface area contributed by atoms with Crippen LogP contribution in [0.25, 0.3) is 11.3 Å². The van der Waals surface area contributed by atoms with Gasteiger partial charge >= 0.3 is 12.1 Å². The summed E-state index contributed by atoms with van der Waals surface area (Å²) in [6, 6.07) is 4.17. The Hall–Kier alpha value is -3.07. The number of anilines is 3. The number of alkyl halides is 3. The van der Waals surface area contributed by atoms with Gasteiger partial charge in [0.1, 0.15) is 6.33 Å². The van der Waals surface area contributed by atoms with Crippen LogP contribution in [0.3, 0.4) is 0 Å². The number of ether oxygens (including phenoxy) is 1. The van der Waals surface area contributed by atoms with Gasteiger partial charge in [0.15, 0.2) is 16.8 Å². The van der Waals surface area contributed by atoms with Gasteiger partial charge in [-0.05, 0) is 58.8 Å². The number of hydrogen-bond acceptors (Lipinski definition) is 10. The van der Waals surface area contributed by atoms with E-state index in [9.17, 15) is 18.0 Å². The number of likely N-dealkylation sites (N-methyl/N-ethyl adjacent to an activating group) is 1. The summed E-state index contributed by atoms with van der Waals surface area (Å²) in [6.07, 6.45) is -0.244. The zero-order valence-electron chi connectivity index (χ0n) is 25.3. The summed E-state index contributed by atoms with van der Waals surface area (Å²) < 4.78 is 61.9. The maximum Gasteiger partial charge on any atom is 0.417 e. The summed E-state index contributed by atoms with van der Waals surface area (Å²) in [4.78, 5) is 31.6. The molecule has 0 spiro atoms. The average Bonchev–Trinajstić information content (AvgIpc) is 3.74. The lowest BCUT2D eigenvalue weighted by atomic mass is 10.1. The van der Waals surface area contributed by atoms with Crippen LogP contribution in [0.5, 0.6) is 0 Å². The van der Waals surface area contributed by atoms with E-state index >= 15 is 4.39 Å². The van der Waals surface area contributed by atoms with Crippen molar-refractivity contribution in [2.24, 2.45) is 0 Å². The van der Waals surface area contributed by atoms with Crippen LogP contribution in [0.15, 0.2) is 24.5 Å². The van der Waals surface area contributed by atoms with Crippen molar-refractivity contribution in [1.82, 2.24) is 24.8 Å². The van der Waals surface area contributed by atoms with Gasteiger partial charge in [-0.1, -0.05) is 29.0 Å². The molecular weight excluding hydrogens is 634 g/mol. The fourth-order valence-corrected chi connectivity index (χ4v) is 7.02.